The minimum absolute atomic E-state index is 0.0607. The van der Waals surface area contributed by atoms with Crippen LogP contribution in [0.3, 0.4) is 0 Å². The van der Waals surface area contributed by atoms with Crippen LogP contribution < -0.4 is 4.72 Å². The van der Waals surface area contributed by atoms with Crippen LogP contribution in [-0.2, 0) is 19.7 Å². The van der Waals surface area contributed by atoms with Gasteiger partial charge in [0.05, 0.1) is 13.5 Å². The Labute approximate surface area is 102 Å². The van der Waals surface area contributed by atoms with E-state index in [1.807, 2.05) is 6.92 Å². The molecule has 0 unspecified atom stereocenters. The van der Waals surface area contributed by atoms with Gasteiger partial charge in [0.1, 0.15) is 0 Å². The van der Waals surface area contributed by atoms with Crippen LogP contribution in [0.15, 0.2) is 0 Å². The molecular weight excluding hydrogens is 244 g/mol. The van der Waals surface area contributed by atoms with E-state index in [1.165, 1.54) is 14.2 Å². The van der Waals surface area contributed by atoms with Crippen LogP contribution in [0.2, 0.25) is 0 Å². The minimum atomic E-state index is -3.48. The lowest BCUT2D eigenvalue weighted by atomic mass is 10.2. The van der Waals surface area contributed by atoms with Crippen LogP contribution in [0.1, 0.15) is 26.2 Å². The molecule has 0 atom stereocenters. The Kier molecular flexibility index (Phi) is 4.51. The quantitative estimate of drug-likeness (QED) is 0.662. The van der Waals surface area contributed by atoms with Crippen LogP contribution in [0.4, 0.5) is 0 Å². The van der Waals surface area contributed by atoms with Gasteiger partial charge in [-0.25, -0.2) is 4.72 Å². The predicted molar refractivity (Wildman–Crippen MR) is 63.5 cm³/mol. The van der Waals surface area contributed by atoms with Crippen molar-refractivity contribution >= 4 is 16.2 Å². The molecular formula is C10H20N2O4S. The highest BCUT2D eigenvalue weighted by Gasteiger charge is 2.38. The van der Waals surface area contributed by atoms with E-state index < -0.39 is 16.2 Å². The Hall–Kier alpha value is -0.660. The Morgan fingerprint density at radius 3 is 2.53 bits per heavy atom. The number of esters is 1. The van der Waals surface area contributed by atoms with E-state index in [9.17, 15) is 13.2 Å². The Morgan fingerprint density at radius 2 is 2.06 bits per heavy atom. The molecule has 17 heavy (non-hydrogen) atoms. The maximum absolute atomic E-state index is 11.8. The molecule has 0 radical (unpaired) electrons. The van der Waals surface area contributed by atoms with Crippen molar-refractivity contribution in [1.82, 2.24) is 9.03 Å². The smallest absolute Gasteiger partial charge is 0.306 e. The van der Waals surface area contributed by atoms with Gasteiger partial charge in [0.25, 0.3) is 10.2 Å². The van der Waals surface area contributed by atoms with Crippen molar-refractivity contribution in [2.24, 2.45) is 5.41 Å². The van der Waals surface area contributed by atoms with Crippen LogP contribution in [0.25, 0.3) is 0 Å². The number of nitrogens with zero attached hydrogens (tertiary/aromatic N) is 1. The van der Waals surface area contributed by atoms with Gasteiger partial charge in [-0.3, -0.25) is 4.79 Å². The van der Waals surface area contributed by atoms with E-state index in [2.05, 4.69) is 9.46 Å². The number of nitrogens with one attached hydrogen (secondary N) is 1. The van der Waals surface area contributed by atoms with Gasteiger partial charge in [-0.05, 0) is 18.3 Å². The zero-order chi connectivity index (χ0) is 13.1. The van der Waals surface area contributed by atoms with Gasteiger partial charge in [-0.2, -0.15) is 12.7 Å². The van der Waals surface area contributed by atoms with Crippen molar-refractivity contribution in [3.05, 3.63) is 0 Å². The highest BCUT2D eigenvalue weighted by Crippen LogP contribution is 2.44. The normalized spacial score (nSPS) is 18.1. The summed E-state index contributed by atoms with van der Waals surface area (Å²) < 4.78 is 31.7. The minimum Gasteiger partial charge on any atom is -0.469 e. The number of hydrogen-bond acceptors (Lipinski definition) is 4. The standard InChI is InChI=1S/C10H20N2O4S/c1-10(5-6-10)8-11-17(14,15)12(2)7-4-9(13)16-3/h11H,4-8H2,1-3H3. The van der Waals surface area contributed by atoms with E-state index in [-0.39, 0.29) is 18.4 Å². The van der Waals surface area contributed by atoms with E-state index >= 15 is 0 Å². The number of rotatable bonds is 7. The molecule has 1 aliphatic carbocycles. The molecule has 0 bridgehead atoms. The largest absolute Gasteiger partial charge is 0.469 e. The fourth-order valence-corrected chi connectivity index (χ4v) is 2.32. The van der Waals surface area contributed by atoms with E-state index in [0.29, 0.717) is 6.54 Å². The number of hydrogen-bond donors (Lipinski definition) is 1. The van der Waals surface area contributed by atoms with Gasteiger partial charge in [0.2, 0.25) is 0 Å². The molecule has 0 amide bonds. The first-order chi connectivity index (χ1) is 7.79. The lowest BCUT2D eigenvalue weighted by Crippen LogP contribution is -2.41. The molecule has 1 rings (SSSR count). The van der Waals surface area contributed by atoms with Crippen LogP contribution in [-0.4, -0.2) is 45.9 Å². The highest BCUT2D eigenvalue weighted by atomic mass is 32.2. The van der Waals surface area contributed by atoms with Crippen molar-refractivity contribution in [2.45, 2.75) is 26.2 Å². The molecule has 0 aromatic heterocycles. The third kappa shape index (κ3) is 4.61. The lowest BCUT2D eigenvalue weighted by molar-refractivity contribution is -0.140. The molecule has 7 heteroatoms. The molecule has 1 N–H and O–H groups in total. The highest BCUT2D eigenvalue weighted by molar-refractivity contribution is 7.87. The third-order valence-electron chi connectivity index (χ3n) is 3.05. The third-order valence-corrected chi connectivity index (χ3v) is 4.57. The maximum Gasteiger partial charge on any atom is 0.306 e. The van der Waals surface area contributed by atoms with Crippen molar-refractivity contribution in [2.75, 3.05) is 27.2 Å². The first-order valence-electron chi connectivity index (χ1n) is 5.57. The van der Waals surface area contributed by atoms with Crippen LogP contribution in [0, 0.1) is 5.41 Å². The molecule has 0 saturated heterocycles. The number of carbonyl (C=O) groups excluding carboxylic acids is 1. The van der Waals surface area contributed by atoms with E-state index in [0.717, 1.165) is 17.1 Å². The summed E-state index contributed by atoms with van der Waals surface area (Å²) in [5, 5.41) is 0. The summed E-state index contributed by atoms with van der Waals surface area (Å²) in [5.41, 5.74) is 0.121. The fourth-order valence-electron chi connectivity index (χ4n) is 1.24. The molecule has 6 nitrogen and oxygen atoms in total. The summed E-state index contributed by atoms with van der Waals surface area (Å²) in [6.45, 7) is 2.63. The molecule has 100 valence electrons. The first-order valence-corrected chi connectivity index (χ1v) is 7.01. The Balaban J connectivity index is 2.37. The second kappa shape index (κ2) is 5.32. The van der Waals surface area contributed by atoms with Crippen LogP contribution in [0.5, 0.6) is 0 Å². The summed E-state index contributed by atoms with van der Waals surface area (Å²) in [6, 6.07) is 0. The molecule has 0 heterocycles. The topological polar surface area (TPSA) is 75.7 Å². The van der Waals surface area contributed by atoms with Gasteiger partial charge in [0, 0.05) is 20.1 Å². The first kappa shape index (κ1) is 14.4. The summed E-state index contributed by atoms with van der Waals surface area (Å²) in [5.74, 6) is -0.416. The monoisotopic (exact) mass is 264 g/mol. The molecule has 0 aromatic carbocycles. The average Bonchev–Trinajstić information content (AvgIpc) is 3.02. The molecule has 0 aliphatic heterocycles. The molecule has 0 aromatic rings. The van der Waals surface area contributed by atoms with Gasteiger partial charge < -0.3 is 4.74 Å². The number of methoxy groups -OCH3 is 1. The maximum atomic E-state index is 11.8. The second-order valence-electron chi connectivity index (χ2n) is 4.78. The predicted octanol–water partition coefficient (Wildman–Crippen LogP) is 0.116. The zero-order valence-electron chi connectivity index (χ0n) is 10.5. The molecule has 1 saturated carbocycles. The van der Waals surface area contributed by atoms with E-state index in [1.54, 1.807) is 0 Å². The average molecular weight is 264 g/mol. The second-order valence-corrected chi connectivity index (χ2v) is 6.65. The Bertz CT molecular complexity index is 376. The summed E-state index contributed by atoms with van der Waals surface area (Å²) >= 11 is 0. The summed E-state index contributed by atoms with van der Waals surface area (Å²) in [4.78, 5) is 10.9. The summed E-state index contributed by atoms with van der Waals surface area (Å²) in [7, 11) is -0.756. The van der Waals surface area contributed by atoms with Crippen molar-refractivity contribution < 1.29 is 17.9 Å². The van der Waals surface area contributed by atoms with Crippen LogP contribution >= 0.6 is 0 Å². The van der Waals surface area contributed by atoms with Gasteiger partial charge in [-0.1, -0.05) is 6.92 Å². The lowest BCUT2D eigenvalue weighted by Gasteiger charge is -2.18. The fraction of sp³-hybridized carbons (Fsp3) is 0.900. The molecule has 1 fully saturated rings. The van der Waals surface area contributed by atoms with Crippen molar-refractivity contribution in [3.63, 3.8) is 0 Å². The van der Waals surface area contributed by atoms with Gasteiger partial charge in [-0.15, -0.1) is 0 Å². The number of ether oxygens (including phenoxy) is 1. The summed E-state index contributed by atoms with van der Waals surface area (Å²) in [6.07, 6.45) is 2.17. The SMILES string of the molecule is COC(=O)CCN(C)S(=O)(=O)NCC1(C)CC1. The molecule has 0 spiro atoms. The van der Waals surface area contributed by atoms with Crippen molar-refractivity contribution in [1.29, 1.82) is 0 Å². The van der Waals surface area contributed by atoms with Gasteiger partial charge in [0.15, 0.2) is 0 Å². The zero-order valence-corrected chi connectivity index (χ0v) is 11.3. The van der Waals surface area contributed by atoms with E-state index in [4.69, 9.17) is 0 Å². The van der Waals surface area contributed by atoms with Gasteiger partial charge >= 0.3 is 5.97 Å². The number of carbonyl (C=O) groups is 1. The Morgan fingerprint density at radius 1 is 1.47 bits per heavy atom. The molecule has 1 aliphatic rings. The van der Waals surface area contributed by atoms with Crippen molar-refractivity contribution in [3.8, 4) is 0 Å².